The van der Waals surface area contributed by atoms with Gasteiger partial charge in [-0.05, 0) is 38.8 Å². The number of nitrogens with zero attached hydrogens (tertiary/aromatic N) is 3. The van der Waals surface area contributed by atoms with E-state index in [9.17, 15) is 22.8 Å². The number of benzene rings is 1. The minimum Gasteiger partial charge on any atom is -0.334 e. The van der Waals surface area contributed by atoms with Gasteiger partial charge in [-0.1, -0.05) is 26.0 Å². The van der Waals surface area contributed by atoms with Crippen LogP contribution in [0.3, 0.4) is 0 Å². The van der Waals surface area contributed by atoms with Crippen molar-refractivity contribution in [1.82, 2.24) is 14.7 Å². The Bertz CT molecular complexity index is 918. The molecule has 0 radical (unpaired) electrons. The molecule has 152 valence electrons. The molecule has 0 saturated heterocycles. The maximum absolute atomic E-state index is 13.4. The fraction of sp³-hybridized carbons (Fsp3) is 0.450. The zero-order chi connectivity index (χ0) is 21.2. The molecule has 0 atom stereocenters. The molecule has 0 bridgehead atoms. The third-order valence-electron chi connectivity index (χ3n) is 4.19. The van der Waals surface area contributed by atoms with Gasteiger partial charge in [-0.2, -0.15) is 18.3 Å². The number of carbonyl (C=O) groups is 1. The third kappa shape index (κ3) is 4.61. The molecule has 0 spiro atoms. The number of hydrogen-bond acceptors (Lipinski definition) is 3. The van der Waals surface area contributed by atoms with E-state index in [0.29, 0.717) is 6.54 Å². The number of carbonyl (C=O) groups excluding carboxylic acids is 1. The first-order chi connectivity index (χ1) is 12.9. The van der Waals surface area contributed by atoms with Gasteiger partial charge in [0.2, 0.25) is 5.43 Å². The van der Waals surface area contributed by atoms with Gasteiger partial charge >= 0.3 is 6.18 Å². The van der Waals surface area contributed by atoms with E-state index in [2.05, 4.69) is 5.10 Å². The molecule has 8 heteroatoms. The van der Waals surface area contributed by atoms with Crippen molar-refractivity contribution in [2.75, 3.05) is 6.54 Å². The van der Waals surface area contributed by atoms with Crippen LogP contribution in [-0.4, -0.2) is 33.2 Å². The predicted octanol–water partition coefficient (Wildman–Crippen LogP) is 4.07. The quantitative estimate of drug-likeness (QED) is 0.767. The standard InChI is InChI=1S/C20H24F3N3O2/c1-12(2)11-25(13(3)4)19(28)18-17(27)10-14(5)26(24-18)16-9-7-6-8-15(16)20(21,22)23/h6-10,12-13H,11H2,1-5H3. The van der Waals surface area contributed by atoms with E-state index in [0.717, 1.165) is 16.8 Å². The number of aryl methyl sites for hydroxylation is 1. The number of aromatic nitrogens is 2. The van der Waals surface area contributed by atoms with Crippen molar-refractivity contribution < 1.29 is 18.0 Å². The second-order valence-corrected chi connectivity index (χ2v) is 7.37. The zero-order valence-corrected chi connectivity index (χ0v) is 16.5. The lowest BCUT2D eigenvalue weighted by molar-refractivity contribution is -0.137. The van der Waals surface area contributed by atoms with Gasteiger partial charge in [-0.25, -0.2) is 4.68 Å². The molecule has 0 aliphatic heterocycles. The van der Waals surface area contributed by atoms with Crippen LogP contribution in [0.15, 0.2) is 35.1 Å². The second kappa shape index (κ2) is 8.16. The first kappa shape index (κ1) is 21.7. The lowest BCUT2D eigenvalue weighted by Gasteiger charge is -2.28. The molecule has 0 N–H and O–H groups in total. The van der Waals surface area contributed by atoms with Crippen LogP contribution in [0, 0.1) is 12.8 Å². The average molecular weight is 395 g/mol. The Morgan fingerprint density at radius 2 is 1.79 bits per heavy atom. The Labute approximate surface area is 161 Å². The SMILES string of the molecule is Cc1cc(=O)c(C(=O)N(CC(C)C)C(C)C)nn1-c1ccccc1C(F)(F)F. The van der Waals surface area contributed by atoms with Gasteiger partial charge in [-0.15, -0.1) is 0 Å². The largest absolute Gasteiger partial charge is 0.418 e. The van der Waals surface area contributed by atoms with Gasteiger partial charge in [0.15, 0.2) is 5.69 Å². The van der Waals surface area contributed by atoms with E-state index in [-0.39, 0.29) is 23.3 Å². The summed E-state index contributed by atoms with van der Waals surface area (Å²) in [6.45, 7) is 9.37. The average Bonchev–Trinajstić information content (AvgIpc) is 2.58. The molecule has 0 saturated carbocycles. The van der Waals surface area contributed by atoms with Crippen LogP contribution in [0.25, 0.3) is 5.69 Å². The van der Waals surface area contributed by atoms with E-state index in [1.54, 1.807) is 0 Å². The van der Waals surface area contributed by atoms with Crippen LogP contribution in [0.1, 0.15) is 49.4 Å². The number of para-hydroxylation sites is 1. The Morgan fingerprint density at radius 1 is 1.18 bits per heavy atom. The molecule has 0 fully saturated rings. The van der Waals surface area contributed by atoms with E-state index in [1.807, 2.05) is 27.7 Å². The fourth-order valence-electron chi connectivity index (χ4n) is 2.90. The number of hydrogen-bond donors (Lipinski definition) is 0. The van der Waals surface area contributed by atoms with Crippen LogP contribution in [0.5, 0.6) is 0 Å². The molecule has 0 aliphatic rings. The highest BCUT2D eigenvalue weighted by molar-refractivity contribution is 5.92. The number of amides is 1. The number of halogens is 3. The summed E-state index contributed by atoms with van der Waals surface area (Å²) in [5.41, 5.74) is -1.93. The maximum Gasteiger partial charge on any atom is 0.418 e. The minimum absolute atomic E-state index is 0.157. The van der Waals surface area contributed by atoms with Crippen LogP contribution in [0.4, 0.5) is 13.2 Å². The molecule has 1 amide bonds. The Balaban J connectivity index is 2.64. The lowest BCUT2D eigenvalue weighted by Crippen LogP contribution is -2.42. The molecule has 28 heavy (non-hydrogen) atoms. The predicted molar refractivity (Wildman–Crippen MR) is 101 cm³/mol. The van der Waals surface area contributed by atoms with Crippen molar-refractivity contribution in [2.45, 2.75) is 46.8 Å². The highest BCUT2D eigenvalue weighted by atomic mass is 19.4. The normalized spacial score (nSPS) is 11.9. The molecule has 1 heterocycles. The van der Waals surface area contributed by atoms with Gasteiger partial charge in [0, 0.05) is 24.3 Å². The molecule has 0 unspecified atom stereocenters. The molecule has 1 aromatic carbocycles. The summed E-state index contributed by atoms with van der Waals surface area (Å²) in [7, 11) is 0. The van der Waals surface area contributed by atoms with Crippen molar-refractivity contribution in [3.8, 4) is 5.69 Å². The summed E-state index contributed by atoms with van der Waals surface area (Å²) in [6, 6.07) is 5.88. The van der Waals surface area contributed by atoms with Crippen molar-refractivity contribution in [3.63, 3.8) is 0 Å². The van der Waals surface area contributed by atoms with Crippen LogP contribution >= 0.6 is 0 Å². The van der Waals surface area contributed by atoms with E-state index in [1.165, 1.54) is 30.0 Å². The van der Waals surface area contributed by atoms with E-state index in [4.69, 9.17) is 0 Å². The first-order valence-corrected chi connectivity index (χ1v) is 9.02. The highest BCUT2D eigenvalue weighted by Crippen LogP contribution is 2.33. The van der Waals surface area contributed by atoms with Crippen molar-refractivity contribution in [2.24, 2.45) is 5.92 Å². The van der Waals surface area contributed by atoms with Gasteiger partial charge in [-0.3, -0.25) is 9.59 Å². The van der Waals surface area contributed by atoms with Crippen LogP contribution in [0.2, 0.25) is 0 Å². The first-order valence-electron chi connectivity index (χ1n) is 9.02. The molecular weight excluding hydrogens is 371 g/mol. The molecule has 1 aromatic heterocycles. The fourth-order valence-corrected chi connectivity index (χ4v) is 2.90. The maximum atomic E-state index is 13.4. The number of alkyl halides is 3. The summed E-state index contributed by atoms with van der Waals surface area (Å²) in [5.74, 6) is -0.433. The summed E-state index contributed by atoms with van der Waals surface area (Å²) < 4.78 is 41.2. The lowest BCUT2D eigenvalue weighted by atomic mass is 10.1. The summed E-state index contributed by atoms with van der Waals surface area (Å²) >= 11 is 0. The monoisotopic (exact) mass is 395 g/mol. The zero-order valence-electron chi connectivity index (χ0n) is 16.5. The van der Waals surface area contributed by atoms with Crippen LogP contribution in [-0.2, 0) is 6.18 Å². The molecular formula is C20H24F3N3O2. The van der Waals surface area contributed by atoms with Crippen LogP contribution < -0.4 is 5.43 Å². The van der Waals surface area contributed by atoms with E-state index < -0.39 is 28.8 Å². The van der Waals surface area contributed by atoms with Gasteiger partial charge in [0.25, 0.3) is 5.91 Å². The Kier molecular flexibility index (Phi) is 6.31. The van der Waals surface area contributed by atoms with E-state index >= 15 is 0 Å². The van der Waals surface area contributed by atoms with Gasteiger partial charge in [0.05, 0.1) is 11.3 Å². The second-order valence-electron chi connectivity index (χ2n) is 7.37. The van der Waals surface area contributed by atoms with Gasteiger partial charge in [0.1, 0.15) is 0 Å². The number of rotatable bonds is 5. The third-order valence-corrected chi connectivity index (χ3v) is 4.19. The topological polar surface area (TPSA) is 55.2 Å². The Hall–Kier alpha value is -2.64. The minimum atomic E-state index is -4.60. The molecule has 2 rings (SSSR count). The van der Waals surface area contributed by atoms with Gasteiger partial charge < -0.3 is 4.90 Å². The van der Waals surface area contributed by atoms with Crippen molar-refractivity contribution in [1.29, 1.82) is 0 Å². The summed E-state index contributed by atoms with van der Waals surface area (Å²) in [6.07, 6.45) is -4.60. The van der Waals surface area contributed by atoms with Crippen molar-refractivity contribution in [3.05, 3.63) is 57.5 Å². The Morgan fingerprint density at radius 3 is 2.32 bits per heavy atom. The highest BCUT2D eigenvalue weighted by Gasteiger charge is 2.34. The summed E-state index contributed by atoms with van der Waals surface area (Å²) in [4.78, 5) is 26.9. The van der Waals surface area contributed by atoms with Crippen molar-refractivity contribution >= 4 is 5.91 Å². The molecule has 5 nitrogen and oxygen atoms in total. The smallest absolute Gasteiger partial charge is 0.334 e. The molecule has 0 aliphatic carbocycles. The summed E-state index contributed by atoms with van der Waals surface area (Å²) in [5, 5.41) is 4.04. The molecule has 2 aromatic rings.